The van der Waals surface area contributed by atoms with Gasteiger partial charge in [0, 0.05) is 13.1 Å². The molecule has 8 nitrogen and oxygen atoms in total. The molecule has 0 aliphatic rings. The Bertz CT molecular complexity index is 753. The number of hydrogen-bond acceptors (Lipinski definition) is 6. The second-order valence-corrected chi connectivity index (χ2v) is 8.58. The van der Waals surface area contributed by atoms with Crippen LogP contribution in [0.5, 0.6) is 5.75 Å². The van der Waals surface area contributed by atoms with Gasteiger partial charge in [-0.15, -0.1) is 0 Å². The highest BCUT2D eigenvalue weighted by Crippen LogP contribution is 2.19. The number of aliphatic hydroxyl groups excluding tert-OH is 1. The number of aliphatic hydroxyl groups is 1. The average molecular weight is 464 g/mol. The minimum absolute atomic E-state index is 0.111. The van der Waals surface area contributed by atoms with Gasteiger partial charge in [-0.2, -0.15) is 0 Å². The molecule has 0 bridgehead atoms. The number of carbonyl (C=O) groups excluding carboxylic acids is 3. The number of aryl methyl sites for hydroxylation is 1. The van der Waals surface area contributed by atoms with Crippen molar-refractivity contribution in [3.63, 3.8) is 0 Å². The number of hydrogen-bond donors (Lipinski definition) is 4. The SMILES string of the molecule is CCC(C)C(NCCOc1ccccc1CCCNC(=O)CNC(=O)C(C)C(C)O)C(C)=O. The maximum absolute atomic E-state index is 11.9. The number of rotatable bonds is 16. The second kappa shape index (κ2) is 15.4. The maximum atomic E-state index is 11.9. The van der Waals surface area contributed by atoms with E-state index in [9.17, 15) is 19.5 Å². The van der Waals surface area contributed by atoms with Crippen molar-refractivity contribution in [3.8, 4) is 5.75 Å². The van der Waals surface area contributed by atoms with E-state index >= 15 is 0 Å². The standard InChI is InChI=1S/C25H41N3O5/c1-6-17(2)24(20(5)30)27-14-15-33-22-12-8-7-10-21(22)11-9-13-26-23(31)16-28-25(32)18(3)19(4)29/h7-8,10,12,17-19,24,27,29H,6,9,11,13-16H2,1-5H3,(H,26,31)(H,28,32). The molecule has 1 aromatic rings. The summed E-state index contributed by atoms with van der Waals surface area (Å²) in [6, 6.07) is 7.64. The van der Waals surface area contributed by atoms with Crippen molar-refractivity contribution in [2.24, 2.45) is 11.8 Å². The summed E-state index contributed by atoms with van der Waals surface area (Å²) in [6.07, 6.45) is 1.63. The Morgan fingerprint density at radius 1 is 1.06 bits per heavy atom. The number of ketones is 1. The Hall–Kier alpha value is -2.45. The summed E-state index contributed by atoms with van der Waals surface area (Å²) < 4.78 is 5.94. The van der Waals surface area contributed by atoms with E-state index in [-0.39, 0.29) is 36.1 Å². The number of para-hydroxylation sites is 1. The maximum Gasteiger partial charge on any atom is 0.239 e. The molecule has 1 rings (SSSR count). The number of carbonyl (C=O) groups is 3. The normalized spacial score (nSPS) is 14.6. The second-order valence-electron chi connectivity index (χ2n) is 8.58. The lowest BCUT2D eigenvalue weighted by molar-refractivity contribution is -0.130. The molecule has 186 valence electrons. The van der Waals surface area contributed by atoms with Crippen LogP contribution in [0.2, 0.25) is 0 Å². The molecule has 0 aliphatic heterocycles. The van der Waals surface area contributed by atoms with Gasteiger partial charge < -0.3 is 25.8 Å². The van der Waals surface area contributed by atoms with Crippen molar-refractivity contribution < 1.29 is 24.2 Å². The Labute approximate surface area is 197 Å². The van der Waals surface area contributed by atoms with E-state index in [1.165, 1.54) is 6.92 Å². The van der Waals surface area contributed by atoms with Crippen LogP contribution >= 0.6 is 0 Å². The zero-order valence-corrected chi connectivity index (χ0v) is 20.6. The number of amides is 2. The summed E-state index contributed by atoms with van der Waals surface area (Å²) >= 11 is 0. The monoisotopic (exact) mass is 463 g/mol. The summed E-state index contributed by atoms with van der Waals surface area (Å²) in [5, 5.41) is 18.0. The topological polar surface area (TPSA) is 117 Å². The Balaban J connectivity index is 2.37. The van der Waals surface area contributed by atoms with Crippen LogP contribution in [0.1, 0.15) is 53.0 Å². The van der Waals surface area contributed by atoms with Crippen LogP contribution in [-0.2, 0) is 20.8 Å². The first-order valence-corrected chi connectivity index (χ1v) is 11.8. The van der Waals surface area contributed by atoms with E-state index in [0.29, 0.717) is 19.7 Å². The van der Waals surface area contributed by atoms with Gasteiger partial charge in [-0.1, -0.05) is 45.4 Å². The van der Waals surface area contributed by atoms with E-state index in [0.717, 1.165) is 30.6 Å². The van der Waals surface area contributed by atoms with Crippen LogP contribution in [-0.4, -0.2) is 61.1 Å². The molecular formula is C25H41N3O5. The predicted octanol–water partition coefficient (Wildman–Crippen LogP) is 1.84. The Morgan fingerprint density at radius 3 is 2.39 bits per heavy atom. The molecule has 0 saturated carbocycles. The van der Waals surface area contributed by atoms with Crippen LogP contribution in [0, 0.1) is 11.8 Å². The molecule has 0 saturated heterocycles. The van der Waals surface area contributed by atoms with Crippen molar-refractivity contribution in [2.45, 2.75) is 66.0 Å². The van der Waals surface area contributed by atoms with Gasteiger partial charge in [0.15, 0.2) is 0 Å². The van der Waals surface area contributed by atoms with Crippen LogP contribution in [0.4, 0.5) is 0 Å². The van der Waals surface area contributed by atoms with Gasteiger partial charge in [-0.3, -0.25) is 14.4 Å². The van der Waals surface area contributed by atoms with Gasteiger partial charge >= 0.3 is 0 Å². The van der Waals surface area contributed by atoms with Gasteiger partial charge in [-0.25, -0.2) is 0 Å². The third-order valence-corrected chi connectivity index (χ3v) is 5.85. The highest BCUT2D eigenvalue weighted by atomic mass is 16.5. The average Bonchev–Trinajstić information content (AvgIpc) is 2.79. The summed E-state index contributed by atoms with van der Waals surface area (Å²) in [4.78, 5) is 35.5. The molecule has 0 heterocycles. The molecular weight excluding hydrogens is 422 g/mol. The molecule has 4 N–H and O–H groups in total. The first kappa shape index (κ1) is 28.6. The van der Waals surface area contributed by atoms with E-state index < -0.39 is 12.0 Å². The van der Waals surface area contributed by atoms with E-state index in [1.807, 2.05) is 24.3 Å². The van der Waals surface area contributed by atoms with Crippen LogP contribution < -0.4 is 20.7 Å². The van der Waals surface area contributed by atoms with E-state index in [4.69, 9.17) is 4.74 Å². The first-order valence-electron chi connectivity index (χ1n) is 11.8. The molecule has 0 radical (unpaired) electrons. The molecule has 0 aromatic heterocycles. The minimum Gasteiger partial charge on any atom is -0.492 e. The fourth-order valence-corrected chi connectivity index (χ4v) is 3.32. The minimum atomic E-state index is -0.762. The molecule has 8 heteroatoms. The van der Waals surface area contributed by atoms with E-state index in [2.05, 4.69) is 29.8 Å². The summed E-state index contributed by atoms with van der Waals surface area (Å²) in [6.45, 7) is 10.3. The van der Waals surface area contributed by atoms with Crippen molar-refractivity contribution in [3.05, 3.63) is 29.8 Å². The summed E-state index contributed by atoms with van der Waals surface area (Å²) in [5.41, 5.74) is 1.05. The zero-order valence-electron chi connectivity index (χ0n) is 20.6. The predicted molar refractivity (Wildman–Crippen MR) is 129 cm³/mol. The van der Waals surface area contributed by atoms with Gasteiger partial charge in [0.05, 0.1) is 24.6 Å². The fourth-order valence-electron chi connectivity index (χ4n) is 3.32. The van der Waals surface area contributed by atoms with Crippen molar-refractivity contribution in [1.29, 1.82) is 0 Å². The quantitative estimate of drug-likeness (QED) is 0.278. The lowest BCUT2D eigenvalue weighted by Crippen LogP contribution is -2.42. The highest BCUT2D eigenvalue weighted by molar-refractivity contribution is 5.85. The summed E-state index contributed by atoms with van der Waals surface area (Å²) in [5.74, 6) is 0.0437. The van der Waals surface area contributed by atoms with Gasteiger partial charge in [0.1, 0.15) is 18.1 Å². The van der Waals surface area contributed by atoms with Crippen LogP contribution in [0.25, 0.3) is 0 Å². The van der Waals surface area contributed by atoms with Crippen LogP contribution in [0.3, 0.4) is 0 Å². The van der Waals surface area contributed by atoms with Crippen molar-refractivity contribution in [2.75, 3.05) is 26.2 Å². The Kier molecular flexibility index (Phi) is 13.3. The van der Waals surface area contributed by atoms with Gasteiger partial charge in [0.2, 0.25) is 11.8 Å². The lowest BCUT2D eigenvalue weighted by Gasteiger charge is -2.22. The highest BCUT2D eigenvalue weighted by Gasteiger charge is 2.20. The number of ether oxygens (including phenoxy) is 1. The lowest BCUT2D eigenvalue weighted by atomic mass is 9.96. The zero-order chi connectivity index (χ0) is 24.8. The van der Waals surface area contributed by atoms with Crippen LogP contribution in [0.15, 0.2) is 24.3 Å². The third-order valence-electron chi connectivity index (χ3n) is 5.85. The molecule has 4 unspecified atom stereocenters. The molecule has 0 fully saturated rings. The molecule has 4 atom stereocenters. The molecule has 1 aromatic carbocycles. The van der Waals surface area contributed by atoms with Gasteiger partial charge in [0.25, 0.3) is 0 Å². The first-order chi connectivity index (χ1) is 15.7. The Morgan fingerprint density at radius 2 is 1.76 bits per heavy atom. The molecule has 33 heavy (non-hydrogen) atoms. The number of Topliss-reactive ketones (excluding diaryl/α,β-unsaturated/α-hetero) is 1. The number of nitrogens with one attached hydrogen (secondary N) is 3. The third kappa shape index (κ3) is 10.8. The largest absolute Gasteiger partial charge is 0.492 e. The smallest absolute Gasteiger partial charge is 0.239 e. The molecule has 0 spiro atoms. The van der Waals surface area contributed by atoms with Crippen molar-refractivity contribution >= 4 is 17.6 Å². The summed E-state index contributed by atoms with van der Waals surface area (Å²) in [7, 11) is 0. The number of benzene rings is 1. The molecule has 0 aliphatic carbocycles. The van der Waals surface area contributed by atoms with Gasteiger partial charge in [-0.05, 0) is 44.2 Å². The van der Waals surface area contributed by atoms with E-state index in [1.54, 1.807) is 13.8 Å². The molecule has 2 amide bonds. The fraction of sp³-hybridized carbons (Fsp3) is 0.640. The van der Waals surface area contributed by atoms with Crippen molar-refractivity contribution in [1.82, 2.24) is 16.0 Å².